The van der Waals surface area contributed by atoms with Crippen LogP contribution in [0, 0.1) is 10.1 Å². The highest BCUT2D eigenvalue weighted by Crippen LogP contribution is 2.35. The number of alkyl halides is 4. The molecule has 1 aromatic rings. The molecule has 1 aromatic carbocycles. The minimum Gasteiger partial charge on any atom is -0.258 e. The van der Waals surface area contributed by atoms with Gasteiger partial charge in [-0.3, -0.25) is 10.1 Å². The number of nitro benzene ring substituents is 1. The molecule has 0 saturated carbocycles. The van der Waals surface area contributed by atoms with Crippen molar-refractivity contribution in [3.05, 3.63) is 39.4 Å². The molecule has 1 atom stereocenters. The lowest BCUT2D eigenvalue weighted by atomic mass is 10.0. The van der Waals surface area contributed by atoms with Crippen molar-refractivity contribution in [3.8, 4) is 0 Å². The van der Waals surface area contributed by atoms with Crippen molar-refractivity contribution in [2.45, 2.75) is 30.8 Å². The summed E-state index contributed by atoms with van der Waals surface area (Å²) in [4.78, 5) is 9.59. The van der Waals surface area contributed by atoms with Gasteiger partial charge in [-0.2, -0.15) is 13.2 Å². The van der Waals surface area contributed by atoms with Gasteiger partial charge in [0, 0.05) is 17.0 Å². The van der Waals surface area contributed by atoms with Gasteiger partial charge >= 0.3 is 6.18 Å². The predicted molar refractivity (Wildman–Crippen MR) is 64.8 cm³/mol. The third-order valence-corrected chi connectivity index (χ3v) is 3.47. The van der Waals surface area contributed by atoms with E-state index in [0.717, 1.165) is 6.07 Å². The quantitative estimate of drug-likeness (QED) is 0.469. The van der Waals surface area contributed by atoms with Crippen molar-refractivity contribution in [1.82, 2.24) is 0 Å². The van der Waals surface area contributed by atoms with Crippen LogP contribution in [-0.4, -0.2) is 9.75 Å². The van der Waals surface area contributed by atoms with Gasteiger partial charge < -0.3 is 0 Å². The molecular formula is C11H11BrF3NO2. The predicted octanol–water partition coefficient (Wildman–Crippen LogP) is 4.33. The highest BCUT2D eigenvalue weighted by atomic mass is 79.9. The average Bonchev–Trinajstić information content (AvgIpc) is 2.27. The van der Waals surface area contributed by atoms with E-state index in [0.29, 0.717) is 12.5 Å². The summed E-state index contributed by atoms with van der Waals surface area (Å²) in [6, 6.07) is 2.86. The Bertz CT molecular complexity index is 448. The third-order valence-electron chi connectivity index (χ3n) is 2.49. The Labute approximate surface area is 110 Å². The lowest BCUT2D eigenvalue weighted by molar-refractivity contribution is -0.385. The number of hydrogen-bond donors (Lipinski definition) is 0. The van der Waals surface area contributed by atoms with Crippen LogP contribution < -0.4 is 0 Å². The maximum Gasteiger partial charge on any atom is 0.416 e. The van der Waals surface area contributed by atoms with Crippen LogP contribution in [0.5, 0.6) is 0 Å². The van der Waals surface area contributed by atoms with Crippen LogP contribution in [0.3, 0.4) is 0 Å². The maximum absolute atomic E-state index is 12.8. The van der Waals surface area contributed by atoms with Crippen LogP contribution in [0.2, 0.25) is 0 Å². The van der Waals surface area contributed by atoms with Gasteiger partial charge in [-0.05, 0) is 18.4 Å². The van der Waals surface area contributed by atoms with E-state index in [1.54, 1.807) is 0 Å². The molecule has 0 fully saturated rings. The topological polar surface area (TPSA) is 43.1 Å². The fourth-order valence-electron chi connectivity index (χ4n) is 1.50. The Morgan fingerprint density at radius 1 is 1.44 bits per heavy atom. The first-order valence-corrected chi connectivity index (χ1v) is 6.15. The van der Waals surface area contributed by atoms with Crippen LogP contribution in [0.4, 0.5) is 18.9 Å². The largest absolute Gasteiger partial charge is 0.416 e. The zero-order valence-electron chi connectivity index (χ0n) is 9.50. The molecule has 100 valence electrons. The Kier molecular flexibility index (Phi) is 4.72. The smallest absolute Gasteiger partial charge is 0.258 e. The number of rotatable bonds is 4. The molecule has 0 heterocycles. The Hall–Kier alpha value is -1.11. The number of non-ortho nitro benzene ring substituents is 1. The van der Waals surface area contributed by atoms with Gasteiger partial charge in [0.1, 0.15) is 0 Å². The first kappa shape index (κ1) is 14.9. The van der Waals surface area contributed by atoms with Crippen molar-refractivity contribution in [2.24, 2.45) is 0 Å². The lowest BCUT2D eigenvalue weighted by Crippen LogP contribution is -2.12. The lowest BCUT2D eigenvalue weighted by Gasteiger charge is -2.14. The van der Waals surface area contributed by atoms with Gasteiger partial charge in [-0.25, -0.2) is 0 Å². The highest BCUT2D eigenvalue weighted by Gasteiger charge is 2.35. The maximum atomic E-state index is 12.8. The molecule has 0 N–H and O–H groups in total. The van der Waals surface area contributed by atoms with Crippen molar-refractivity contribution in [1.29, 1.82) is 0 Å². The van der Waals surface area contributed by atoms with Crippen LogP contribution in [0.1, 0.15) is 24.5 Å². The summed E-state index contributed by atoms with van der Waals surface area (Å²) in [5, 5.41) is 10.5. The molecule has 1 rings (SSSR count). The van der Waals surface area contributed by atoms with E-state index < -0.39 is 22.4 Å². The molecule has 0 aliphatic carbocycles. The molecule has 7 heteroatoms. The van der Waals surface area contributed by atoms with Crippen LogP contribution in [0.25, 0.3) is 0 Å². The van der Waals surface area contributed by atoms with E-state index in [1.807, 2.05) is 6.92 Å². The Morgan fingerprint density at radius 3 is 2.50 bits per heavy atom. The van der Waals surface area contributed by atoms with Crippen molar-refractivity contribution < 1.29 is 18.1 Å². The first-order chi connectivity index (χ1) is 8.25. The molecule has 0 aromatic heterocycles. The molecule has 3 nitrogen and oxygen atoms in total. The fourth-order valence-corrected chi connectivity index (χ4v) is 1.85. The Morgan fingerprint density at radius 2 is 2.06 bits per heavy atom. The number of nitro groups is 1. The minimum atomic E-state index is -4.58. The Balaban J connectivity index is 3.21. The summed E-state index contributed by atoms with van der Waals surface area (Å²) >= 11 is 3.26. The number of benzene rings is 1. The van der Waals surface area contributed by atoms with Gasteiger partial charge in [-0.15, -0.1) is 0 Å². The summed E-state index contributed by atoms with van der Waals surface area (Å²) in [7, 11) is 0. The molecule has 0 amide bonds. The highest BCUT2D eigenvalue weighted by molar-refractivity contribution is 9.09. The van der Waals surface area contributed by atoms with Crippen molar-refractivity contribution in [2.75, 3.05) is 0 Å². The van der Waals surface area contributed by atoms with Crippen LogP contribution in [-0.2, 0) is 12.6 Å². The van der Waals surface area contributed by atoms with Gasteiger partial charge in [0.25, 0.3) is 5.69 Å². The van der Waals surface area contributed by atoms with E-state index in [1.165, 1.54) is 6.07 Å². The number of nitrogens with zero attached hydrogens (tertiary/aromatic N) is 1. The van der Waals surface area contributed by atoms with Crippen molar-refractivity contribution >= 4 is 21.6 Å². The second-order valence-electron chi connectivity index (χ2n) is 3.81. The van der Waals surface area contributed by atoms with Crippen molar-refractivity contribution in [3.63, 3.8) is 0 Å². The SMILES string of the molecule is CCC(Br)Cc1ccc([N+](=O)[O-])cc1C(F)(F)F. The molecule has 1 unspecified atom stereocenters. The molecule has 0 aliphatic rings. The molecular weight excluding hydrogens is 315 g/mol. The summed E-state index contributed by atoms with van der Waals surface area (Å²) in [6.07, 6.45) is -3.72. The summed E-state index contributed by atoms with van der Waals surface area (Å²) in [6.45, 7) is 1.85. The first-order valence-electron chi connectivity index (χ1n) is 5.24. The van der Waals surface area contributed by atoms with E-state index in [9.17, 15) is 23.3 Å². The number of halogens is 4. The van der Waals surface area contributed by atoms with Crippen LogP contribution in [0.15, 0.2) is 18.2 Å². The van der Waals surface area contributed by atoms with Gasteiger partial charge in [0.15, 0.2) is 0 Å². The van der Waals surface area contributed by atoms with E-state index in [-0.39, 0.29) is 16.8 Å². The monoisotopic (exact) mass is 325 g/mol. The van der Waals surface area contributed by atoms with E-state index in [4.69, 9.17) is 0 Å². The van der Waals surface area contributed by atoms with E-state index in [2.05, 4.69) is 15.9 Å². The standard InChI is InChI=1S/C11H11BrF3NO2/c1-2-8(12)5-7-3-4-9(16(17)18)6-10(7)11(13,14)15/h3-4,6,8H,2,5H2,1H3. The fraction of sp³-hybridized carbons (Fsp3) is 0.455. The summed E-state index contributed by atoms with van der Waals surface area (Å²) in [5.74, 6) is 0. The molecule has 0 spiro atoms. The second-order valence-corrected chi connectivity index (χ2v) is 5.10. The molecule has 0 aliphatic heterocycles. The molecule has 0 bridgehead atoms. The normalized spacial score (nSPS) is 13.4. The molecule has 0 saturated heterocycles. The molecule has 18 heavy (non-hydrogen) atoms. The van der Waals surface area contributed by atoms with Gasteiger partial charge in [0.05, 0.1) is 10.5 Å². The zero-order valence-corrected chi connectivity index (χ0v) is 11.1. The van der Waals surface area contributed by atoms with Gasteiger partial charge in [0.2, 0.25) is 0 Å². The van der Waals surface area contributed by atoms with E-state index >= 15 is 0 Å². The number of hydrogen-bond acceptors (Lipinski definition) is 2. The summed E-state index contributed by atoms with van der Waals surface area (Å²) in [5.41, 5.74) is -1.42. The third kappa shape index (κ3) is 3.69. The van der Waals surface area contributed by atoms with Crippen LogP contribution >= 0.6 is 15.9 Å². The zero-order chi connectivity index (χ0) is 13.9. The second kappa shape index (κ2) is 5.69. The minimum absolute atomic E-state index is 0.0665. The average molecular weight is 326 g/mol. The molecule has 0 radical (unpaired) electrons. The van der Waals surface area contributed by atoms with Gasteiger partial charge in [-0.1, -0.05) is 28.9 Å². The summed E-state index contributed by atoms with van der Waals surface area (Å²) < 4.78 is 38.4.